The lowest BCUT2D eigenvalue weighted by Crippen LogP contribution is -2.24. The lowest BCUT2D eigenvalue weighted by Gasteiger charge is -2.13. The van der Waals surface area contributed by atoms with Crippen molar-refractivity contribution in [2.75, 3.05) is 19.0 Å². The molecular weight excluding hydrogens is 262 g/mol. The number of carbonyl (C=O) groups is 1. The summed E-state index contributed by atoms with van der Waals surface area (Å²) in [5.41, 5.74) is 3.84. The molecule has 1 aromatic heterocycles. The van der Waals surface area contributed by atoms with Crippen LogP contribution in [0.4, 0.5) is 5.82 Å². The average molecular weight is 283 g/mol. The molecule has 0 spiro atoms. The topological polar surface area (TPSA) is 45.2 Å². The molecule has 1 N–H and O–H groups in total. The fourth-order valence-corrected chi connectivity index (χ4v) is 2.07. The van der Waals surface area contributed by atoms with Gasteiger partial charge in [-0.1, -0.05) is 17.7 Å². The Morgan fingerprint density at radius 3 is 2.67 bits per heavy atom. The summed E-state index contributed by atoms with van der Waals surface area (Å²) in [5, 5.41) is 2.96. The van der Waals surface area contributed by atoms with Gasteiger partial charge >= 0.3 is 0 Å². The Bertz CT molecular complexity index is 650. The van der Waals surface area contributed by atoms with E-state index in [1.807, 2.05) is 63.2 Å². The van der Waals surface area contributed by atoms with Gasteiger partial charge < -0.3 is 10.2 Å². The van der Waals surface area contributed by atoms with Crippen LogP contribution in [-0.2, 0) is 6.54 Å². The van der Waals surface area contributed by atoms with E-state index in [1.165, 1.54) is 0 Å². The van der Waals surface area contributed by atoms with Crippen LogP contribution in [0.1, 0.15) is 27.0 Å². The molecule has 0 aliphatic rings. The van der Waals surface area contributed by atoms with Crippen LogP contribution < -0.4 is 10.2 Å². The van der Waals surface area contributed by atoms with Crippen molar-refractivity contribution in [3.05, 3.63) is 58.8 Å². The van der Waals surface area contributed by atoms with E-state index in [0.717, 1.165) is 28.1 Å². The predicted molar refractivity (Wildman–Crippen MR) is 85.7 cm³/mol. The second-order valence-electron chi connectivity index (χ2n) is 5.42. The second kappa shape index (κ2) is 6.39. The highest BCUT2D eigenvalue weighted by Gasteiger charge is 2.09. The van der Waals surface area contributed by atoms with Gasteiger partial charge in [-0.05, 0) is 43.2 Å². The van der Waals surface area contributed by atoms with Crippen LogP contribution in [-0.4, -0.2) is 25.0 Å². The SMILES string of the molecule is Cc1ccc(C)c(C(=O)NCc2ccnc(N(C)C)c2)c1. The Hall–Kier alpha value is -2.36. The van der Waals surface area contributed by atoms with Crippen LogP contribution in [0.15, 0.2) is 36.5 Å². The van der Waals surface area contributed by atoms with Crippen molar-refractivity contribution in [1.29, 1.82) is 0 Å². The van der Waals surface area contributed by atoms with Gasteiger partial charge in [0, 0.05) is 32.4 Å². The van der Waals surface area contributed by atoms with Gasteiger partial charge in [0.05, 0.1) is 0 Å². The number of aryl methyl sites for hydroxylation is 2. The minimum atomic E-state index is -0.0422. The Labute approximate surface area is 125 Å². The average Bonchev–Trinajstić information content (AvgIpc) is 2.47. The van der Waals surface area contributed by atoms with Crippen molar-refractivity contribution >= 4 is 11.7 Å². The highest BCUT2D eigenvalue weighted by Crippen LogP contribution is 2.12. The van der Waals surface area contributed by atoms with E-state index in [9.17, 15) is 4.79 Å². The molecule has 4 heteroatoms. The largest absolute Gasteiger partial charge is 0.363 e. The molecule has 0 bridgehead atoms. The van der Waals surface area contributed by atoms with Crippen molar-refractivity contribution in [3.8, 4) is 0 Å². The zero-order valence-electron chi connectivity index (χ0n) is 13.0. The molecule has 0 saturated heterocycles. The number of benzene rings is 1. The third-order valence-electron chi connectivity index (χ3n) is 3.36. The molecule has 110 valence electrons. The molecule has 0 radical (unpaired) electrons. The molecule has 0 unspecified atom stereocenters. The van der Waals surface area contributed by atoms with Gasteiger partial charge in [0.2, 0.25) is 0 Å². The van der Waals surface area contributed by atoms with Crippen molar-refractivity contribution in [3.63, 3.8) is 0 Å². The van der Waals surface area contributed by atoms with E-state index < -0.39 is 0 Å². The van der Waals surface area contributed by atoms with E-state index in [2.05, 4.69) is 10.3 Å². The maximum absolute atomic E-state index is 12.3. The fourth-order valence-electron chi connectivity index (χ4n) is 2.07. The molecular formula is C17H21N3O. The molecule has 4 nitrogen and oxygen atoms in total. The summed E-state index contributed by atoms with van der Waals surface area (Å²) in [6, 6.07) is 9.79. The number of nitrogens with zero attached hydrogens (tertiary/aromatic N) is 2. The smallest absolute Gasteiger partial charge is 0.251 e. The van der Waals surface area contributed by atoms with Gasteiger partial charge in [0.25, 0.3) is 5.91 Å². The quantitative estimate of drug-likeness (QED) is 0.938. The molecule has 0 aliphatic carbocycles. The zero-order valence-corrected chi connectivity index (χ0v) is 13.0. The molecule has 2 aromatic rings. The lowest BCUT2D eigenvalue weighted by molar-refractivity contribution is 0.0950. The summed E-state index contributed by atoms with van der Waals surface area (Å²) in [6.45, 7) is 4.43. The van der Waals surface area contributed by atoms with Crippen LogP contribution in [0, 0.1) is 13.8 Å². The molecule has 2 rings (SSSR count). The maximum Gasteiger partial charge on any atom is 0.251 e. The zero-order chi connectivity index (χ0) is 15.4. The number of hydrogen-bond donors (Lipinski definition) is 1. The number of rotatable bonds is 4. The van der Waals surface area contributed by atoms with Crippen LogP contribution in [0.5, 0.6) is 0 Å². The number of aromatic nitrogens is 1. The van der Waals surface area contributed by atoms with Crippen molar-refractivity contribution in [2.45, 2.75) is 20.4 Å². The van der Waals surface area contributed by atoms with Gasteiger partial charge in [-0.3, -0.25) is 4.79 Å². The highest BCUT2D eigenvalue weighted by molar-refractivity contribution is 5.95. The van der Waals surface area contributed by atoms with Crippen LogP contribution >= 0.6 is 0 Å². The fraction of sp³-hybridized carbons (Fsp3) is 0.294. The highest BCUT2D eigenvalue weighted by atomic mass is 16.1. The Morgan fingerprint density at radius 1 is 1.19 bits per heavy atom. The lowest BCUT2D eigenvalue weighted by atomic mass is 10.1. The monoisotopic (exact) mass is 283 g/mol. The second-order valence-corrected chi connectivity index (χ2v) is 5.42. The van der Waals surface area contributed by atoms with Crippen molar-refractivity contribution in [2.24, 2.45) is 0 Å². The molecule has 1 heterocycles. The standard InChI is InChI=1S/C17H21N3O/c1-12-5-6-13(2)15(9-12)17(21)19-11-14-7-8-18-16(10-14)20(3)4/h5-10H,11H2,1-4H3,(H,19,21). The summed E-state index contributed by atoms with van der Waals surface area (Å²) in [7, 11) is 3.89. The van der Waals surface area contributed by atoms with Gasteiger partial charge in [0.1, 0.15) is 5.82 Å². The summed E-state index contributed by atoms with van der Waals surface area (Å²) < 4.78 is 0. The number of hydrogen-bond acceptors (Lipinski definition) is 3. The minimum Gasteiger partial charge on any atom is -0.363 e. The van der Waals surface area contributed by atoms with E-state index in [1.54, 1.807) is 6.20 Å². The van der Waals surface area contributed by atoms with Crippen LogP contribution in [0.2, 0.25) is 0 Å². The summed E-state index contributed by atoms with van der Waals surface area (Å²) >= 11 is 0. The van der Waals surface area contributed by atoms with Crippen molar-refractivity contribution < 1.29 is 4.79 Å². The predicted octanol–water partition coefficient (Wildman–Crippen LogP) is 2.69. The van der Waals surface area contributed by atoms with Crippen LogP contribution in [0.3, 0.4) is 0 Å². The summed E-state index contributed by atoms with van der Waals surface area (Å²) in [4.78, 5) is 18.5. The third-order valence-corrected chi connectivity index (χ3v) is 3.36. The molecule has 0 saturated carbocycles. The normalized spacial score (nSPS) is 10.3. The molecule has 1 amide bonds. The first kappa shape index (κ1) is 15.0. The number of anilines is 1. The maximum atomic E-state index is 12.3. The van der Waals surface area contributed by atoms with E-state index in [0.29, 0.717) is 6.54 Å². The molecule has 1 aromatic carbocycles. The Morgan fingerprint density at radius 2 is 1.95 bits per heavy atom. The summed E-state index contributed by atoms with van der Waals surface area (Å²) in [5.74, 6) is 0.841. The first-order chi connectivity index (χ1) is 9.97. The molecule has 0 aliphatic heterocycles. The van der Waals surface area contributed by atoms with E-state index >= 15 is 0 Å². The van der Waals surface area contributed by atoms with Gasteiger partial charge in [-0.25, -0.2) is 4.98 Å². The molecule has 0 fully saturated rings. The number of carbonyl (C=O) groups excluding carboxylic acids is 1. The van der Waals surface area contributed by atoms with Gasteiger partial charge in [-0.15, -0.1) is 0 Å². The van der Waals surface area contributed by atoms with E-state index in [-0.39, 0.29) is 5.91 Å². The Balaban J connectivity index is 2.07. The minimum absolute atomic E-state index is 0.0422. The number of pyridine rings is 1. The van der Waals surface area contributed by atoms with Crippen molar-refractivity contribution in [1.82, 2.24) is 10.3 Å². The molecule has 21 heavy (non-hydrogen) atoms. The first-order valence-electron chi connectivity index (χ1n) is 6.95. The van der Waals surface area contributed by atoms with Gasteiger partial charge in [-0.2, -0.15) is 0 Å². The van der Waals surface area contributed by atoms with E-state index in [4.69, 9.17) is 0 Å². The summed E-state index contributed by atoms with van der Waals surface area (Å²) in [6.07, 6.45) is 1.76. The Kier molecular flexibility index (Phi) is 4.58. The molecule has 0 atom stereocenters. The van der Waals surface area contributed by atoms with Gasteiger partial charge in [0.15, 0.2) is 0 Å². The third kappa shape index (κ3) is 3.81. The van der Waals surface area contributed by atoms with Crippen LogP contribution in [0.25, 0.3) is 0 Å². The number of nitrogens with one attached hydrogen (secondary N) is 1. The first-order valence-corrected chi connectivity index (χ1v) is 6.95. The number of amides is 1.